The summed E-state index contributed by atoms with van der Waals surface area (Å²) in [6.07, 6.45) is 7.50. The number of carbonyl (C=O) groups excluding carboxylic acids is 1. The van der Waals surface area contributed by atoms with E-state index in [1.807, 2.05) is 38.7 Å². The number of halogens is 1. The van der Waals surface area contributed by atoms with E-state index in [1.54, 1.807) is 11.1 Å². The molecule has 0 radical (unpaired) electrons. The summed E-state index contributed by atoms with van der Waals surface area (Å²) in [6.45, 7) is 6.80. The molecular formula is C21H29ClN6O2. The molecule has 0 bridgehead atoms. The molecule has 9 heteroatoms. The molecule has 2 aromatic rings. The second-order valence-electron chi connectivity index (χ2n) is 9.22. The summed E-state index contributed by atoms with van der Waals surface area (Å²) in [7, 11) is 1.96. The summed E-state index contributed by atoms with van der Waals surface area (Å²) < 4.78 is 7.38. The topological polar surface area (TPSA) is 85.2 Å². The van der Waals surface area contributed by atoms with Gasteiger partial charge in [0.05, 0.1) is 23.1 Å². The van der Waals surface area contributed by atoms with Crippen molar-refractivity contribution in [3.8, 4) is 11.3 Å². The molecule has 2 fully saturated rings. The molecule has 0 spiro atoms. The number of aryl methyl sites for hydroxylation is 1. The molecule has 1 saturated heterocycles. The lowest BCUT2D eigenvalue weighted by molar-refractivity contribution is 0.0293. The number of nitrogens with one attached hydrogen (secondary N) is 1. The smallest absolute Gasteiger partial charge is 0.410 e. The van der Waals surface area contributed by atoms with E-state index in [-0.39, 0.29) is 12.1 Å². The summed E-state index contributed by atoms with van der Waals surface area (Å²) in [5.74, 6) is 1.24. The normalized spacial score (nSPS) is 19.2. The zero-order chi connectivity index (χ0) is 21.5. The fourth-order valence-electron chi connectivity index (χ4n) is 3.68. The Morgan fingerprint density at radius 2 is 2.07 bits per heavy atom. The number of aromatic nitrogens is 4. The number of likely N-dealkylation sites (tertiary alicyclic amines) is 1. The summed E-state index contributed by atoms with van der Waals surface area (Å²) in [4.78, 5) is 23.1. The number of ether oxygens (including phenoxy) is 1. The first-order valence-corrected chi connectivity index (χ1v) is 10.9. The van der Waals surface area contributed by atoms with E-state index in [0.29, 0.717) is 29.8 Å². The Labute approximate surface area is 182 Å². The lowest BCUT2D eigenvalue weighted by Crippen LogP contribution is -2.36. The molecule has 8 nitrogen and oxygen atoms in total. The first-order valence-electron chi connectivity index (χ1n) is 10.5. The second-order valence-corrected chi connectivity index (χ2v) is 9.63. The van der Waals surface area contributed by atoms with E-state index < -0.39 is 5.60 Å². The summed E-state index contributed by atoms with van der Waals surface area (Å²) in [6, 6.07) is 0.0615. The van der Waals surface area contributed by atoms with Crippen LogP contribution in [0.25, 0.3) is 11.3 Å². The van der Waals surface area contributed by atoms with Crippen molar-refractivity contribution in [2.24, 2.45) is 13.0 Å². The molecule has 1 atom stereocenters. The molecule has 1 aliphatic carbocycles. The highest BCUT2D eigenvalue weighted by molar-refractivity contribution is 6.32. The lowest BCUT2D eigenvalue weighted by atomic mass is 10.1. The molecule has 1 amide bonds. The van der Waals surface area contributed by atoms with Gasteiger partial charge in [-0.1, -0.05) is 11.6 Å². The number of rotatable bonds is 5. The van der Waals surface area contributed by atoms with Crippen molar-refractivity contribution in [2.75, 3.05) is 18.4 Å². The van der Waals surface area contributed by atoms with Gasteiger partial charge in [0.2, 0.25) is 5.95 Å². The molecule has 162 valence electrons. The minimum absolute atomic E-state index is 0.0615. The second kappa shape index (κ2) is 8.06. The number of nitrogens with zero attached hydrogens (tertiary/aromatic N) is 5. The predicted molar refractivity (Wildman–Crippen MR) is 116 cm³/mol. The zero-order valence-electron chi connectivity index (χ0n) is 18.0. The Kier molecular flexibility index (Phi) is 5.61. The lowest BCUT2D eigenvalue weighted by Gasteiger charge is -2.24. The number of hydrogen-bond donors (Lipinski definition) is 1. The molecule has 0 unspecified atom stereocenters. The molecular weight excluding hydrogens is 404 g/mol. The van der Waals surface area contributed by atoms with Gasteiger partial charge in [-0.05, 0) is 52.4 Å². The fraction of sp³-hybridized carbons (Fsp3) is 0.619. The van der Waals surface area contributed by atoms with Crippen LogP contribution in [-0.2, 0) is 18.2 Å². The van der Waals surface area contributed by atoms with Crippen LogP contribution >= 0.6 is 11.6 Å². The minimum Gasteiger partial charge on any atom is -0.444 e. The standard InChI is InChI=1S/C21H29ClN6O2/c1-21(2,3)30-20(29)28-8-7-14(12-28)25-19-23-11-16(22)18(26-19)15-10-24-27(4)17(15)9-13-5-6-13/h10-11,13-14H,5-9,12H2,1-4H3,(H,23,25,26)/t14-/m1/s1. The quantitative estimate of drug-likeness (QED) is 0.771. The molecule has 3 heterocycles. The number of carbonyl (C=O) groups is 1. The van der Waals surface area contributed by atoms with Gasteiger partial charge in [-0.2, -0.15) is 5.10 Å². The summed E-state index contributed by atoms with van der Waals surface area (Å²) in [5.41, 5.74) is 2.31. The van der Waals surface area contributed by atoms with E-state index in [1.165, 1.54) is 12.8 Å². The number of hydrogen-bond acceptors (Lipinski definition) is 6. The van der Waals surface area contributed by atoms with Gasteiger partial charge in [-0.15, -0.1) is 0 Å². The molecule has 2 aliphatic rings. The van der Waals surface area contributed by atoms with Crippen LogP contribution in [0.1, 0.15) is 45.7 Å². The van der Waals surface area contributed by atoms with Crippen LogP contribution in [0.15, 0.2) is 12.4 Å². The van der Waals surface area contributed by atoms with Crippen LogP contribution in [0.2, 0.25) is 5.02 Å². The Morgan fingerprint density at radius 1 is 1.30 bits per heavy atom. The van der Waals surface area contributed by atoms with Gasteiger partial charge in [0.1, 0.15) is 5.60 Å². The third-order valence-electron chi connectivity index (χ3n) is 5.41. The molecule has 30 heavy (non-hydrogen) atoms. The average molecular weight is 433 g/mol. The molecule has 1 saturated carbocycles. The minimum atomic E-state index is -0.501. The highest BCUT2D eigenvalue weighted by Crippen LogP contribution is 2.37. The monoisotopic (exact) mass is 432 g/mol. The third kappa shape index (κ3) is 4.86. The summed E-state index contributed by atoms with van der Waals surface area (Å²) in [5, 5.41) is 8.28. The van der Waals surface area contributed by atoms with Crippen LogP contribution in [0.4, 0.5) is 10.7 Å². The molecule has 2 aromatic heterocycles. The van der Waals surface area contributed by atoms with Gasteiger partial charge in [-0.25, -0.2) is 14.8 Å². The highest BCUT2D eigenvalue weighted by atomic mass is 35.5. The molecule has 1 aliphatic heterocycles. The Balaban J connectivity index is 1.46. The first-order chi connectivity index (χ1) is 14.2. The van der Waals surface area contributed by atoms with Crippen molar-refractivity contribution in [2.45, 2.75) is 58.1 Å². The maximum absolute atomic E-state index is 12.3. The van der Waals surface area contributed by atoms with E-state index in [0.717, 1.165) is 30.0 Å². The van der Waals surface area contributed by atoms with E-state index >= 15 is 0 Å². The molecule has 4 rings (SSSR count). The van der Waals surface area contributed by atoms with E-state index in [9.17, 15) is 4.79 Å². The zero-order valence-corrected chi connectivity index (χ0v) is 18.7. The van der Waals surface area contributed by atoms with Crippen LogP contribution in [0.5, 0.6) is 0 Å². The van der Waals surface area contributed by atoms with Crippen LogP contribution in [0, 0.1) is 5.92 Å². The fourth-order valence-corrected chi connectivity index (χ4v) is 3.87. The van der Waals surface area contributed by atoms with Crippen molar-refractivity contribution in [3.63, 3.8) is 0 Å². The SMILES string of the molecule is Cn1ncc(-c2nc(N[C@@H]3CCN(C(=O)OC(C)(C)C)C3)ncc2Cl)c1CC1CC1. The number of anilines is 1. The van der Waals surface area contributed by atoms with Crippen molar-refractivity contribution in [1.82, 2.24) is 24.6 Å². The third-order valence-corrected chi connectivity index (χ3v) is 5.69. The predicted octanol–water partition coefficient (Wildman–Crippen LogP) is 3.90. The summed E-state index contributed by atoms with van der Waals surface area (Å²) >= 11 is 6.45. The molecule has 0 aromatic carbocycles. The molecule has 1 N–H and O–H groups in total. The van der Waals surface area contributed by atoms with Gasteiger partial charge < -0.3 is 15.0 Å². The van der Waals surface area contributed by atoms with E-state index in [2.05, 4.69) is 15.4 Å². The van der Waals surface area contributed by atoms with Crippen molar-refractivity contribution in [1.29, 1.82) is 0 Å². The maximum atomic E-state index is 12.3. The Hall–Kier alpha value is -2.35. The average Bonchev–Trinajstić information content (AvgIpc) is 3.24. The highest BCUT2D eigenvalue weighted by Gasteiger charge is 2.30. The van der Waals surface area contributed by atoms with Gasteiger partial charge in [0, 0.05) is 37.4 Å². The number of amides is 1. The Morgan fingerprint density at radius 3 is 2.77 bits per heavy atom. The van der Waals surface area contributed by atoms with Crippen LogP contribution in [0.3, 0.4) is 0 Å². The Bertz CT molecular complexity index is 934. The maximum Gasteiger partial charge on any atom is 0.410 e. The van der Waals surface area contributed by atoms with Gasteiger partial charge in [0.15, 0.2) is 0 Å². The van der Waals surface area contributed by atoms with Crippen LogP contribution < -0.4 is 5.32 Å². The van der Waals surface area contributed by atoms with Gasteiger partial charge in [-0.3, -0.25) is 4.68 Å². The van der Waals surface area contributed by atoms with Crippen molar-refractivity contribution >= 4 is 23.6 Å². The van der Waals surface area contributed by atoms with Crippen molar-refractivity contribution < 1.29 is 9.53 Å². The van der Waals surface area contributed by atoms with E-state index in [4.69, 9.17) is 21.3 Å². The first kappa shape index (κ1) is 20.9. The van der Waals surface area contributed by atoms with Crippen LogP contribution in [-0.4, -0.2) is 55.5 Å². The van der Waals surface area contributed by atoms with Crippen molar-refractivity contribution in [3.05, 3.63) is 23.1 Å². The largest absolute Gasteiger partial charge is 0.444 e. The van der Waals surface area contributed by atoms with Gasteiger partial charge >= 0.3 is 6.09 Å². The van der Waals surface area contributed by atoms with Gasteiger partial charge in [0.25, 0.3) is 0 Å².